The van der Waals surface area contributed by atoms with Crippen LogP contribution in [0.15, 0.2) is 29.7 Å². The maximum Gasteiger partial charge on any atom is 0.0610 e. The number of nitrogens with zero attached hydrogens (tertiary/aromatic N) is 2. The Kier molecular flexibility index (Phi) is 2.70. The summed E-state index contributed by atoms with van der Waals surface area (Å²) in [4.78, 5) is 5.76. The summed E-state index contributed by atoms with van der Waals surface area (Å²) in [6.07, 6.45) is 8.90. The smallest absolute Gasteiger partial charge is 0.0610 e. The third-order valence-electron chi connectivity index (χ3n) is 1.15. The summed E-state index contributed by atoms with van der Waals surface area (Å²) in [7, 11) is 0. The minimum absolute atomic E-state index is 0.161. The van der Waals surface area contributed by atoms with E-state index in [4.69, 9.17) is 5.11 Å². The molecule has 1 heterocycles. The molecule has 0 radical (unpaired) electrons. The lowest BCUT2D eigenvalue weighted by Crippen LogP contribution is -2.13. The van der Waals surface area contributed by atoms with E-state index in [9.17, 15) is 0 Å². The van der Waals surface area contributed by atoms with E-state index < -0.39 is 0 Å². The van der Waals surface area contributed by atoms with Gasteiger partial charge in [0.15, 0.2) is 0 Å². The summed E-state index contributed by atoms with van der Waals surface area (Å²) in [6.45, 7) is 0.783. The molecule has 0 amide bonds. The fourth-order valence-electron chi connectivity index (χ4n) is 0.687. The average molecular weight is 138 g/mol. The van der Waals surface area contributed by atoms with E-state index in [-0.39, 0.29) is 6.61 Å². The first-order chi connectivity index (χ1) is 4.93. The van der Waals surface area contributed by atoms with Crippen LogP contribution in [-0.2, 0) is 0 Å². The largest absolute Gasteiger partial charge is 0.395 e. The molecule has 1 N–H and O–H groups in total. The van der Waals surface area contributed by atoms with Crippen LogP contribution in [0.5, 0.6) is 0 Å². The molecule has 0 atom stereocenters. The van der Waals surface area contributed by atoms with Crippen molar-refractivity contribution in [1.29, 1.82) is 0 Å². The van der Waals surface area contributed by atoms with Gasteiger partial charge in [-0.25, -0.2) is 0 Å². The van der Waals surface area contributed by atoms with Gasteiger partial charge in [-0.3, -0.25) is 4.99 Å². The first-order valence-electron chi connectivity index (χ1n) is 3.17. The van der Waals surface area contributed by atoms with E-state index in [0.717, 1.165) is 0 Å². The average Bonchev–Trinajstić information content (AvgIpc) is 2.17. The van der Waals surface area contributed by atoms with Gasteiger partial charge in [0.1, 0.15) is 0 Å². The predicted octanol–water partition coefficient (Wildman–Crippen LogP) is 0.350. The summed E-state index contributed by atoms with van der Waals surface area (Å²) < 4.78 is 0. The molecule has 0 spiro atoms. The Morgan fingerprint density at radius 3 is 3.10 bits per heavy atom. The maximum atomic E-state index is 8.56. The van der Waals surface area contributed by atoms with Gasteiger partial charge in [0.05, 0.1) is 6.61 Å². The van der Waals surface area contributed by atoms with Crippen molar-refractivity contribution in [3.05, 3.63) is 24.7 Å². The van der Waals surface area contributed by atoms with Gasteiger partial charge in [-0.2, -0.15) is 0 Å². The van der Waals surface area contributed by atoms with Crippen LogP contribution in [0.1, 0.15) is 0 Å². The van der Waals surface area contributed by atoms with Gasteiger partial charge in [0, 0.05) is 31.4 Å². The molecule has 0 saturated heterocycles. The first-order valence-corrected chi connectivity index (χ1v) is 3.17. The lowest BCUT2D eigenvalue weighted by Gasteiger charge is -2.10. The Balaban J connectivity index is 2.46. The molecule has 10 heavy (non-hydrogen) atoms. The minimum atomic E-state index is 0.161. The van der Waals surface area contributed by atoms with Gasteiger partial charge in [0.25, 0.3) is 0 Å². The highest BCUT2D eigenvalue weighted by atomic mass is 16.3. The summed E-state index contributed by atoms with van der Waals surface area (Å²) in [5.41, 5.74) is 0. The number of β-amino-alcohol motifs (C(OH)–C–C–N with tert-alkyl or cyclic N) is 1. The molecule has 0 unspecified atom stereocenters. The second-order valence-corrected chi connectivity index (χ2v) is 1.90. The highest BCUT2D eigenvalue weighted by Gasteiger charge is 1.91. The van der Waals surface area contributed by atoms with E-state index >= 15 is 0 Å². The van der Waals surface area contributed by atoms with Crippen LogP contribution in [0.4, 0.5) is 0 Å². The van der Waals surface area contributed by atoms with Crippen LogP contribution in [-0.4, -0.2) is 29.4 Å². The number of rotatable bonds is 2. The molecule has 1 rings (SSSR count). The zero-order valence-corrected chi connectivity index (χ0v) is 5.64. The molecule has 0 bridgehead atoms. The van der Waals surface area contributed by atoms with Gasteiger partial charge in [-0.05, 0) is 6.08 Å². The predicted molar refractivity (Wildman–Crippen MR) is 40.6 cm³/mol. The van der Waals surface area contributed by atoms with Gasteiger partial charge in [-0.15, -0.1) is 0 Å². The van der Waals surface area contributed by atoms with Crippen molar-refractivity contribution in [2.24, 2.45) is 4.99 Å². The zero-order valence-electron chi connectivity index (χ0n) is 5.64. The van der Waals surface area contributed by atoms with E-state index in [1.54, 1.807) is 12.4 Å². The fraction of sp³-hybridized carbons (Fsp3) is 0.286. The van der Waals surface area contributed by atoms with Crippen LogP contribution in [0.25, 0.3) is 0 Å². The molecule has 3 heteroatoms. The van der Waals surface area contributed by atoms with Crippen molar-refractivity contribution in [2.45, 2.75) is 0 Å². The lowest BCUT2D eigenvalue weighted by molar-refractivity contribution is 0.263. The Labute approximate surface area is 60.0 Å². The summed E-state index contributed by atoms with van der Waals surface area (Å²) in [6, 6.07) is 0. The molecular formula is C7H10N2O. The molecule has 0 saturated carbocycles. The molecule has 0 fully saturated rings. The van der Waals surface area contributed by atoms with Crippen LogP contribution >= 0.6 is 0 Å². The van der Waals surface area contributed by atoms with Gasteiger partial charge < -0.3 is 10.0 Å². The second kappa shape index (κ2) is 3.85. The highest BCUT2D eigenvalue weighted by Crippen LogP contribution is 1.93. The fourth-order valence-corrected chi connectivity index (χ4v) is 0.687. The molecule has 0 aromatic rings. The number of hydrogen-bond acceptors (Lipinski definition) is 3. The van der Waals surface area contributed by atoms with Crippen LogP contribution in [0.2, 0.25) is 0 Å². The van der Waals surface area contributed by atoms with Crippen molar-refractivity contribution < 1.29 is 5.11 Å². The second-order valence-electron chi connectivity index (χ2n) is 1.90. The van der Waals surface area contributed by atoms with Crippen molar-refractivity contribution in [3.8, 4) is 0 Å². The van der Waals surface area contributed by atoms with Crippen molar-refractivity contribution in [1.82, 2.24) is 4.90 Å². The SMILES string of the molecule is OCCN1C=CC=NC=C1. The third-order valence-corrected chi connectivity index (χ3v) is 1.15. The van der Waals surface area contributed by atoms with Crippen molar-refractivity contribution in [2.75, 3.05) is 13.2 Å². The normalized spacial score (nSPS) is 15.9. The molecule has 54 valence electrons. The molecular weight excluding hydrogens is 128 g/mol. The number of aliphatic hydroxyl groups is 1. The zero-order chi connectivity index (χ0) is 7.23. The number of allylic oxidation sites excluding steroid dienone is 1. The quantitative estimate of drug-likeness (QED) is 0.597. The Morgan fingerprint density at radius 2 is 2.30 bits per heavy atom. The maximum absolute atomic E-state index is 8.56. The lowest BCUT2D eigenvalue weighted by atomic mass is 10.5. The van der Waals surface area contributed by atoms with E-state index in [1.165, 1.54) is 0 Å². The first kappa shape index (κ1) is 7.02. The Bertz CT molecular complexity index is 156. The van der Waals surface area contributed by atoms with Gasteiger partial charge in [0.2, 0.25) is 0 Å². The topological polar surface area (TPSA) is 35.8 Å². The van der Waals surface area contributed by atoms with Gasteiger partial charge >= 0.3 is 0 Å². The molecule has 0 aromatic heterocycles. The Hall–Kier alpha value is -1.09. The van der Waals surface area contributed by atoms with E-state index in [1.807, 2.05) is 23.4 Å². The van der Waals surface area contributed by atoms with Crippen LogP contribution in [0, 0.1) is 0 Å². The van der Waals surface area contributed by atoms with Crippen LogP contribution in [0.3, 0.4) is 0 Å². The van der Waals surface area contributed by atoms with Gasteiger partial charge in [-0.1, -0.05) is 0 Å². The standard InChI is InChI=1S/C7H10N2O/c10-7-6-9-4-1-2-8-3-5-9/h1-5,10H,6-7H2. The van der Waals surface area contributed by atoms with Crippen molar-refractivity contribution in [3.63, 3.8) is 0 Å². The number of hydrogen-bond donors (Lipinski definition) is 1. The monoisotopic (exact) mass is 138 g/mol. The Morgan fingerprint density at radius 1 is 1.40 bits per heavy atom. The van der Waals surface area contributed by atoms with Crippen LogP contribution < -0.4 is 0 Å². The third kappa shape index (κ3) is 2.03. The minimum Gasteiger partial charge on any atom is -0.395 e. The molecule has 3 nitrogen and oxygen atoms in total. The number of aliphatic imine (C=N–C) groups is 1. The molecule has 1 aliphatic rings. The van der Waals surface area contributed by atoms with E-state index in [0.29, 0.717) is 6.54 Å². The summed E-state index contributed by atoms with van der Waals surface area (Å²) in [5.74, 6) is 0. The summed E-state index contributed by atoms with van der Waals surface area (Å²) >= 11 is 0. The molecule has 0 aromatic carbocycles. The molecule has 1 aliphatic heterocycles. The highest BCUT2D eigenvalue weighted by molar-refractivity contribution is 5.71. The molecule has 0 aliphatic carbocycles. The van der Waals surface area contributed by atoms with E-state index in [2.05, 4.69) is 4.99 Å². The number of aliphatic hydroxyl groups excluding tert-OH is 1. The van der Waals surface area contributed by atoms with Crippen molar-refractivity contribution >= 4 is 6.21 Å². The summed E-state index contributed by atoms with van der Waals surface area (Å²) in [5, 5.41) is 8.56.